The molecule has 0 aromatic heterocycles. The van der Waals surface area contributed by atoms with Gasteiger partial charge in [0.15, 0.2) is 0 Å². The molecule has 4 atom stereocenters. The molecule has 0 saturated heterocycles. The van der Waals surface area contributed by atoms with Gasteiger partial charge in [0.05, 0.1) is 13.8 Å². The van der Waals surface area contributed by atoms with Crippen LogP contribution in [0.2, 0.25) is 0 Å². The second-order valence-corrected chi connectivity index (χ2v) is 11.7. The highest BCUT2D eigenvalue weighted by Crippen LogP contribution is 2.37. The van der Waals surface area contributed by atoms with Crippen LogP contribution in [0.4, 0.5) is 26.3 Å². The van der Waals surface area contributed by atoms with E-state index in [1.165, 1.54) is 22.6 Å². The van der Waals surface area contributed by atoms with Crippen LogP contribution in [0.15, 0.2) is 32.0 Å². The van der Waals surface area contributed by atoms with Gasteiger partial charge in [-0.1, -0.05) is 60.6 Å². The topological polar surface area (TPSA) is 74.6 Å². The number of aliphatic hydroxyl groups is 1. The number of carbonyl (C=O) groups is 2. The second kappa shape index (κ2) is 19.4. The standard InChI is InChI=1S/C17H30O3.C5H6F3I.C4H4F3IO/c1-8-9-11(2)13(4)14(5)16(20)17(6,7)12(3)10-15(18)19;1-2-3-4(9)5(6,7)8;5-4(6,7)3(8)1-2-9/h8,11-14H,1,9-10H2,2-7H3,(H,18,19);3H,2H2,1H3;1,9H,2H2/b;4-3-;3-1-/t11-,12-,13-,14+;;/m0../s1. The van der Waals surface area contributed by atoms with Crippen molar-refractivity contribution < 1.29 is 46.1 Å². The van der Waals surface area contributed by atoms with Crippen molar-refractivity contribution in [3.63, 3.8) is 0 Å². The average molecular weight is 784 g/mol. The molecule has 0 heterocycles. The van der Waals surface area contributed by atoms with Crippen molar-refractivity contribution in [2.45, 2.75) is 80.1 Å². The lowest BCUT2D eigenvalue weighted by Gasteiger charge is -2.35. The number of carbonyl (C=O) groups excluding carboxylic acids is 1. The molecule has 12 heteroatoms. The molecule has 0 bridgehead atoms. The Bertz CT molecular complexity index is 760. The molecule has 0 aliphatic heterocycles. The smallest absolute Gasteiger partial charge is 0.421 e. The number of carboxylic acids is 1. The number of hydrogen-bond donors (Lipinski definition) is 2. The third kappa shape index (κ3) is 17.9. The lowest BCUT2D eigenvalue weighted by atomic mass is 9.67. The Morgan fingerprint density at radius 1 is 0.921 bits per heavy atom. The molecule has 0 radical (unpaired) electrons. The van der Waals surface area contributed by atoms with Crippen molar-refractivity contribution in [3.8, 4) is 0 Å². The van der Waals surface area contributed by atoms with E-state index in [0.717, 1.165) is 35.1 Å². The fourth-order valence-electron chi connectivity index (χ4n) is 3.05. The lowest BCUT2D eigenvalue weighted by Crippen LogP contribution is -2.39. The number of Topliss-reactive ketones (excluding diaryl/α,β-unsaturated/α-hetero) is 1. The molecule has 38 heavy (non-hydrogen) atoms. The SMILES string of the molecule is C=CC[C@H](C)[C@H](C)[C@@H](C)C(=O)C(C)(C)[C@@H](C)CC(=O)O.CC/C=C(\I)C(F)(F)F.OC/C=C(\I)C(F)(F)F. The molecule has 0 fully saturated rings. The van der Waals surface area contributed by atoms with E-state index in [0.29, 0.717) is 18.4 Å². The van der Waals surface area contributed by atoms with Crippen LogP contribution in [-0.4, -0.2) is 40.9 Å². The highest BCUT2D eigenvalue weighted by atomic mass is 127. The first kappa shape index (κ1) is 41.8. The molecule has 0 aliphatic carbocycles. The van der Waals surface area contributed by atoms with E-state index in [1.54, 1.807) is 6.92 Å². The first-order valence-electron chi connectivity index (χ1n) is 11.9. The van der Waals surface area contributed by atoms with E-state index in [-0.39, 0.29) is 30.0 Å². The molecule has 0 unspecified atom stereocenters. The van der Waals surface area contributed by atoms with Crippen molar-refractivity contribution in [1.29, 1.82) is 0 Å². The Hall–Kier alpha value is -0.640. The Morgan fingerprint density at radius 3 is 1.61 bits per heavy atom. The van der Waals surface area contributed by atoms with Crippen LogP contribution >= 0.6 is 45.2 Å². The minimum atomic E-state index is -4.30. The van der Waals surface area contributed by atoms with E-state index in [2.05, 4.69) is 20.4 Å². The summed E-state index contributed by atoms with van der Waals surface area (Å²) in [5.41, 5.74) is -0.611. The molecule has 0 amide bonds. The maximum Gasteiger partial charge on any atom is 0.421 e. The summed E-state index contributed by atoms with van der Waals surface area (Å²) < 4.78 is 67.7. The van der Waals surface area contributed by atoms with Crippen LogP contribution in [0.5, 0.6) is 0 Å². The normalized spacial score (nSPS) is 16.1. The molecular weight excluding hydrogens is 744 g/mol. The molecule has 0 aliphatic rings. The van der Waals surface area contributed by atoms with E-state index in [1.807, 2.05) is 33.8 Å². The zero-order valence-electron chi connectivity index (χ0n) is 22.8. The van der Waals surface area contributed by atoms with Gasteiger partial charge in [-0.2, -0.15) is 26.3 Å². The molecule has 2 N–H and O–H groups in total. The van der Waals surface area contributed by atoms with Gasteiger partial charge in [-0.3, -0.25) is 9.59 Å². The van der Waals surface area contributed by atoms with Crippen molar-refractivity contribution in [1.82, 2.24) is 0 Å². The summed E-state index contributed by atoms with van der Waals surface area (Å²) in [5, 5.41) is 16.9. The Balaban J connectivity index is -0.000000563. The molecule has 4 nitrogen and oxygen atoms in total. The first-order chi connectivity index (χ1) is 17.0. The van der Waals surface area contributed by atoms with Gasteiger partial charge in [0, 0.05) is 17.8 Å². The van der Waals surface area contributed by atoms with Crippen molar-refractivity contribution in [2.24, 2.45) is 29.1 Å². The average Bonchev–Trinajstić information content (AvgIpc) is 2.77. The summed E-state index contributed by atoms with van der Waals surface area (Å²) in [7, 11) is 0. The largest absolute Gasteiger partial charge is 0.481 e. The first-order valence-corrected chi connectivity index (χ1v) is 14.0. The summed E-state index contributed by atoms with van der Waals surface area (Å²) in [5.74, 6) is -0.268. The van der Waals surface area contributed by atoms with Crippen LogP contribution in [0.1, 0.15) is 67.7 Å². The molecule has 0 rings (SSSR count). The molecule has 0 aromatic carbocycles. The quantitative estimate of drug-likeness (QED) is 0.125. The highest BCUT2D eigenvalue weighted by Gasteiger charge is 2.39. The van der Waals surface area contributed by atoms with E-state index in [4.69, 9.17) is 10.2 Å². The van der Waals surface area contributed by atoms with Crippen LogP contribution in [0.3, 0.4) is 0 Å². The van der Waals surface area contributed by atoms with Crippen LogP contribution in [0.25, 0.3) is 0 Å². The number of aliphatic hydroxyl groups excluding tert-OH is 1. The molecule has 0 aromatic rings. The Morgan fingerprint density at radius 2 is 1.34 bits per heavy atom. The van der Waals surface area contributed by atoms with Crippen LogP contribution in [-0.2, 0) is 9.59 Å². The maximum atomic E-state index is 12.7. The zero-order chi connectivity index (χ0) is 31.1. The molecule has 224 valence electrons. The van der Waals surface area contributed by atoms with Crippen molar-refractivity contribution in [3.05, 3.63) is 32.0 Å². The minimum Gasteiger partial charge on any atom is -0.481 e. The van der Waals surface area contributed by atoms with Gasteiger partial charge in [-0.15, -0.1) is 6.58 Å². The summed E-state index contributed by atoms with van der Waals surface area (Å²) >= 11 is 2.41. The predicted molar refractivity (Wildman–Crippen MR) is 156 cm³/mol. The fraction of sp³-hybridized carbons (Fsp3) is 0.692. The minimum absolute atomic E-state index is 0.0298. The third-order valence-electron chi connectivity index (χ3n) is 6.18. The summed E-state index contributed by atoms with van der Waals surface area (Å²) in [6.45, 7) is 16.6. The van der Waals surface area contributed by atoms with Gasteiger partial charge in [-0.25, -0.2) is 0 Å². The Kier molecular flexibility index (Phi) is 21.4. The van der Waals surface area contributed by atoms with Gasteiger partial charge in [0.25, 0.3) is 0 Å². The predicted octanol–water partition coefficient (Wildman–Crippen LogP) is 9.31. The Labute approximate surface area is 249 Å². The van der Waals surface area contributed by atoms with Crippen LogP contribution in [0, 0.1) is 29.1 Å². The molecular formula is C26H40F6I2O4. The van der Waals surface area contributed by atoms with E-state index in [9.17, 15) is 35.9 Å². The van der Waals surface area contributed by atoms with E-state index < -0.39 is 37.5 Å². The zero-order valence-corrected chi connectivity index (χ0v) is 27.1. The van der Waals surface area contributed by atoms with Crippen LogP contribution < -0.4 is 0 Å². The number of allylic oxidation sites excluding steroid dienone is 4. The maximum absolute atomic E-state index is 12.7. The lowest BCUT2D eigenvalue weighted by molar-refractivity contribution is -0.141. The van der Waals surface area contributed by atoms with Crippen molar-refractivity contribution >= 4 is 56.9 Å². The fourth-order valence-corrected chi connectivity index (χ4v) is 3.68. The van der Waals surface area contributed by atoms with E-state index >= 15 is 0 Å². The van der Waals surface area contributed by atoms with Gasteiger partial charge in [-0.05, 0) is 81.9 Å². The molecule has 0 spiro atoms. The molecule has 0 saturated carbocycles. The van der Waals surface area contributed by atoms with Gasteiger partial charge >= 0.3 is 18.3 Å². The third-order valence-corrected chi connectivity index (χ3v) is 8.29. The number of aliphatic carboxylic acids is 1. The number of halogens is 8. The number of carboxylic acid groups (broad SMARTS) is 1. The number of rotatable bonds is 11. The summed E-state index contributed by atoms with van der Waals surface area (Å²) in [6.07, 6.45) is -3.35. The summed E-state index contributed by atoms with van der Waals surface area (Å²) in [6, 6.07) is 0. The highest BCUT2D eigenvalue weighted by molar-refractivity contribution is 14.1. The van der Waals surface area contributed by atoms with Gasteiger partial charge < -0.3 is 10.2 Å². The summed E-state index contributed by atoms with van der Waals surface area (Å²) in [4.78, 5) is 23.6. The van der Waals surface area contributed by atoms with Crippen molar-refractivity contribution in [2.75, 3.05) is 6.61 Å². The second-order valence-electron chi connectivity index (χ2n) is 9.42. The monoisotopic (exact) mass is 784 g/mol. The number of alkyl halides is 6. The van der Waals surface area contributed by atoms with Gasteiger partial charge in [0.1, 0.15) is 5.78 Å². The number of hydrogen-bond acceptors (Lipinski definition) is 3. The number of ketones is 1. The van der Waals surface area contributed by atoms with Gasteiger partial charge in [0.2, 0.25) is 0 Å².